The molecular weight excluding hydrogens is 352 g/mol. The van der Waals surface area contributed by atoms with Crippen LogP contribution >= 0.6 is 35.3 Å². The van der Waals surface area contributed by atoms with Gasteiger partial charge >= 0.3 is 11.9 Å². The zero-order chi connectivity index (χ0) is 17.5. The highest BCUT2D eigenvalue weighted by molar-refractivity contribution is 8.04. The molecule has 0 fully saturated rings. The van der Waals surface area contributed by atoms with Crippen LogP contribution in [0.1, 0.15) is 26.7 Å². The average Bonchev–Trinajstić information content (AvgIpc) is 2.50. The molecular formula is C16H26O4S3. The smallest absolute Gasteiger partial charge is 0.330 e. The van der Waals surface area contributed by atoms with E-state index < -0.39 is 11.9 Å². The molecule has 0 aromatic carbocycles. The minimum absolute atomic E-state index is 0.422. The van der Waals surface area contributed by atoms with Gasteiger partial charge in [-0.25, -0.2) is 9.59 Å². The molecule has 0 aromatic rings. The fraction of sp³-hybridized carbons (Fsp3) is 0.625. The van der Waals surface area contributed by atoms with Crippen molar-refractivity contribution in [2.45, 2.75) is 26.7 Å². The first kappa shape index (κ1) is 22.5. The first-order chi connectivity index (χ1) is 10.9. The molecule has 0 saturated carbocycles. The summed E-state index contributed by atoms with van der Waals surface area (Å²) in [4.78, 5) is 21.2. The molecule has 0 radical (unpaired) electrons. The molecule has 0 bridgehead atoms. The van der Waals surface area contributed by atoms with Crippen LogP contribution in [0.4, 0.5) is 0 Å². The summed E-state index contributed by atoms with van der Waals surface area (Å²) in [5.41, 5.74) is 0.843. The standard InChI is InChI=1S/C16H26O4S3/c1-13(15(17)18)5-3-7-21-9-11-23-12-10-22-8-4-6-14(2)16(19)20/h5-6H,3-4,7-12H2,1-2H3,(H,17,18)(H,19,20). The van der Waals surface area contributed by atoms with Crippen LogP contribution in [0.2, 0.25) is 0 Å². The van der Waals surface area contributed by atoms with Crippen LogP contribution in [0.25, 0.3) is 0 Å². The van der Waals surface area contributed by atoms with E-state index in [0.29, 0.717) is 11.1 Å². The van der Waals surface area contributed by atoms with Crippen molar-refractivity contribution in [3.05, 3.63) is 23.3 Å². The highest BCUT2D eigenvalue weighted by atomic mass is 32.2. The van der Waals surface area contributed by atoms with Crippen LogP contribution in [-0.4, -0.2) is 56.7 Å². The summed E-state index contributed by atoms with van der Waals surface area (Å²) in [5, 5.41) is 17.4. The number of hydrogen-bond donors (Lipinski definition) is 2. The number of thioether (sulfide) groups is 3. The molecule has 0 heterocycles. The SMILES string of the molecule is CC(=CCCSCCSCCSCCC=C(C)C(=O)O)C(=O)O. The second kappa shape index (κ2) is 15.0. The van der Waals surface area contributed by atoms with E-state index in [9.17, 15) is 9.59 Å². The lowest BCUT2D eigenvalue weighted by Crippen LogP contribution is -1.96. The monoisotopic (exact) mass is 378 g/mol. The quantitative estimate of drug-likeness (QED) is 0.349. The van der Waals surface area contributed by atoms with Crippen molar-refractivity contribution in [3.8, 4) is 0 Å². The maximum absolute atomic E-state index is 10.6. The van der Waals surface area contributed by atoms with Crippen LogP contribution in [0, 0.1) is 0 Å². The third-order valence-electron chi connectivity index (χ3n) is 2.84. The number of carbonyl (C=O) groups is 2. The first-order valence-corrected chi connectivity index (χ1v) is 10.9. The molecule has 0 rings (SSSR count). The van der Waals surface area contributed by atoms with Gasteiger partial charge in [-0.1, -0.05) is 12.2 Å². The first-order valence-electron chi connectivity index (χ1n) is 7.48. The van der Waals surface area contributed by atoms with Gasteiger partial charge in [0.2, 0.25) is 0 Å². The molecule has 0 unspecified atom stereocenters. The molecule has 0 aliphatic carbocycles. The van der Waals surface area contributed by atoms with Crippen LogP contribution in [0.5, 0.6) is 0 Å². The Morgan fingerprint density at radius 3 is 1.30 bits per heavy atom. The van der Waals surface area contributed by atoms with Crippen molar-refractivity contribution in [2.24, 2.45) is 0 Å². The van der Waals surface area contributed by atoms with Crippen molar-refractivity contribution < 1.29 is 19.8 Å². The Bertz CT molecular complexity index is 382. The van der Waals surface area contributed by atoms with Crippen LogP contribution in [-0.2, 0) is 9.59 Å². The number of aliphatic carboxylic acids is 2. The van der Waals surface area contributed by atoms with E-state index in [1.54, 1.807) is 26.0 Å². The molecule has 0 amide bonds. The molecule has 0 spiro atoms. The van der Waals surface area contributed by atoms with E-state index in [4.69, 9.17) is 10.2 Å². The van der Waals surface area contributed by atoms with Crippen molar-refractivity contribution in [1.82, 2.24) is 0 Å². The topological polar surface area (TPSA) is 74.6 Å². The van der Waals surface area contributed by atoms with Gasteiger partial charge in [-0.15, -0.1) is 0 Å². The molecule has 7 heteroatoms. The third-order valence-corrected chi connectivity index (χ3v) is 6.38. The normalized spacial score (nSPS) is 12.4. The lowest BCUT2D eigenvalue weighted by Gasteiger charge is -2.02. The Labute approximate surface area is 151 Å². The van der Waals surface area contributed by atoms with Crippen molar-refractivity contribution in [1.29, 1.82) is 0 Å². The summed E-state index contributed by atoms with van der Waals surface area (Å²) in [6.07, 6.45) is 5.18. The number of carboxylic acid groups (broad SMARTS) is 2. The van der Waals surface area contributed by atoms with Gasteiger partial charge in [0.25, 0.3) is 0 Å². The van der Waals surface area contributed by atoms with Gasteiger partial charge < -0.3 is 10.2 Å². The van der Waals surface area contributed by atoms with E-state index in [1.807, 2.05) is 35.3 Å². The number of allylic oxidation sites excluding steroid dienone is 2. The zero-order valence-corrected chi connectivity index (χ0v) is 16.2. The largest absolute Gasteiger partial charge is 0.478 e. The Hall–Kier alpha value is -0.530. The van der Waals surface area contributed by atoms with Crippen molar-refractivity contribution >= 4 is 47.2 Å². The van der Waals surface area contributed by atoms with E-state index in [1.165, 1.54) is 0 Å². The maximum Gasteiger partial charge on any atom is 0.330 e. The number of rotatable bonds is 14. The summed E-state index contributed by atoms with van der Waals surface area (Å²) in [5.74, 6) is 4.68. The third kappa shape index (κ3) is 14.8. The maximum atomic E-state index is 10.6. The molecule has 4 nitrogen and oxygen atoms in total. The number of carboxylic acids is 2. The Morgan fingerprint density at radius 2 is 1.00 bits per heavy atom. The van der Waals surface area contributed by atoms with Gasteiger partial charge in [-0.05, 0) is 38.2 Å². The highest BCUT2D eigenvalue weighted by Crippen LogP contribution is 2.12. The lowest BCUT2D eigenvalue weighted by molar-refractivity contribution is -0.133. The summed E-state index contributed by atoms with van der Waals surface area (Å²) in [6, 6.07) is 0. The van der Waals surface area contributed by atoms with E-state index >= 15 is 0 Å². The predicted octanol–water partition coefficient (Wildman–Crippen LogP) is 4.03. The summed E-state index contributed by atoms with van der Waals surface area (Å²) in [7, 11) is 0. The summed E-state index contributed by atoms with van der Waals surface area (Å²) >= 11 is 5.64. The summed E-state index contributed by atoms with van der Waals surface area (Å²) < 4.78 is 0. The van der Waals surface area contributed by atoms with Gasteiger partial charge in [0, 0.05) is 34.2 Å². The molecule has 23 heavy (non-hydrogen) atoms. The Kier molecular flexibility index (Phi) is 14.7. The van der Waals surface area contributed by atoms with E-state index in [2.05, 4.69) is 0 Å². The van der Waals surface area contributed by atoms with Crippen molar-refractivity contribution in [2.75, 3.05) is 34.5 Å². The zero-order valence-electron chi connectivity index (χ0n) is 13.7. The average molecular weight is 379 g/mol. The molecule has 0 saturated heterocycles. The van der Waals surface area contributed by atoms with E-state index in [0.717, 1.165) is 47.4 Å². The second-order valence-corrected chi connectivity index (χ2v) is 8.47. The molecule has 0 aliphatic rings. The molecule has 0 aliphatic heterocycles. The minimum Gasteiger partial charge on any atom is -0.478 e. The predicted molar refractivity (Wildman–Crippen MR) is 104 cm³/mol. The van der Waals surface area contributed by atoms with E-state index in [-0.39, 0.29) is 0 Å². The minimum atomic E-state index is -0.836. The van der Waals surface area contributed by atoms with Gasteiger partial charge in [-0.2, -0.15) is 35.3 Å². The highest BCUT2D eigenvalue weighted by Gasteiger charge is 1.99. The fourth-order valence-electron chi connectivity index (χ4n) is 1.43. The Balaban J connectivity index is 3.32. The second-order valence-electron chi connectivity index (χ2n) is 4.80. The lowest BCUT2D eigenvalue weighted by atomic mass is 10.2. The van der Waals surface area contributed by atoms with Crippen LogP contribution in [0.15, 0.2) is 23.3 Å². The molecule has 2 N–H and O–H groups in total. The Morgan fingerprint density at radius 1 is 0.696 bits per heavy atom. The van der Waals surface area contributed by atoms with Gasteiger partial charge in [0.05, 0.1) is 0 Å². The summed E-state index contributed by atoms with van der Waals surface area (Å²) in [6.45, 7) is 3.25. The van der Waals surface area contributed by atoms with Crippen molar-refractivity contribution in [3.63, 3.8) is 0 Å². The van der Waals surface area contributed by atoms with Crippen LogP contribution in [0.3, 0.4) is 0 Å². The van der Waals surface area contributed by atoms with Gasteiger partial charge in [0.15, 0.2) is 0 Å². The van der Waals surface area contributed by atoms with Crippen LogP contribution < -0.4 is 0 Å². The molecule has 132 valence electrons. The fourth-order valence-corrected chi connectivity index (χ4v) is 4.50. The molecule has 0 aromatic heterocycles. The number of hydrogen-bond acceptors (Lipinski definition) is 5. The van der Waals surface area contributed by atoms with Gasteiger partial charge in [0.1, 0.15) is 0 Å². The van der Waals surface area contributed by atoms with Gasteiger partial charge in [-0.3, -0.25) is 0 Å². The molecule has 0 atom stereocenters.